The molecule has 0 aromatic rings. The predicted molar refractivity (Wildman–Crippen MR) is 63.4 cm³/mol. The van der Waals surface area contributed by atoms with Crippen molar-refractivity contribution in [2.75, 3.05) is 13.1 Å². The summed E-state index contributed by atoms with van der Waals surface area (Å²) in [6.45, 7) is 4.40. The Bertz CT molecular complexity index is 306. The highest BCUT2D eigenvalue weighted by molar-refractivity contribution is 9.11. The van der Waals surface area contributed by atoms with Gasteiger partial charge in [-0.1, -0.05) is 22.5 Å². The van der Waals surface area contributed by atoms with E-state index in [1.54, 1.807) is 0 Å². The first kappa shape index (κ1) is 13.0. The zero-order chi connectivity index (χ0) is 12.1. The predicted octanol–water partition coefficient (Wildman–Crippen LogP) is 1.54. The van der Waals surface area contributed by atoms with Crippen molar-refractivity contribution in [3.63, 3.8) is 0 Å². The van der Waals surface area contributed by atoms with Gasteiger partial charge in [0.05, 0.1) is 6.54 Å². The van der Waals surface area contributed by atoms with E-state index in [0.29, 0.717) is 24.0 Å². The fourth-order valence-corrected chi connectivity index (χ4v) is 1.84. The average Bonchev–Trinajstić information content (AvgIpc) is 2.25. The smallest absolute Gasteiger partial charge is 0.326 e. The molecule has 0 bridgehead atoms. The summed E-state index contributed by atoms with van der Waals surface area (Å²) in [4.78, 5) is 24.0. The van der Waals surface area contributed by atoms with Crippen LogP contribution in [0.4, 0.5) is 4.79 Å². The van der Waals surface area contributed by atoms with E-state index < -0.39 is 12.0 Å². The highest BCUT2D eigenvalue weighted by atomic mass is 79.9. The van der Waals surface area contributed by atoms with E-state index in [-0.39, 0.29) is 6.03 Å². The quantitative estimate of drug-likeness (QED) is 0.828. The first-order chi connectivity index (χ1) is 7.52. The summed E-state index contributed by atoms with van der Waals surface area (Å²) in [7, 11) is 0. The van der Waals surface area contributed by atoms with Crippen molar-refractivity contribution in [2.24, 2.45) is 0 Å². The number of carbonyl (C=O) groups excluding carboxylic acids is 1. The van der Waals surface area contributed by atoms with Gasteiger partial charge in [-0.2, -0.15) is 0 Å². The summed E-state index contributed by atoms with van der Waals surface area (Å²) in [5.74, 6) is -0.937. The molecular weight excluding hydrogens is 276 g/mol. The number of hydrogen-bond donors (Lipinski definition) is 2. The molecule has 1 aliphatic rings. The number of nitrogens with one attached hydrogen (secondary N) is 1. The Balaban J connectivity index is 2.57. The van der Waals surface area contributed by atoms with Gasteiger partial charge in [-0.15, -0.1) is 0 Å². The molecule has 1 saturated heterocycles. The maximum atomic E-state index is 11.7. The molecule has 5 nitrogen and oxygen atoms in total. The number of likely N-dealkylation sites (tertiary alicyclic amines) is 1. The van der Waals surface area contributed by atoms with E-state index in [0.717, 1.165) is 12.8 Å². The Morgan fingerprint density at radius 2 is 2.19 bits per heavy atom. The number of halogens is 1. The molecule has 2 amide bonds. The zero-order valence-electron chi connectivity index (χ0n) is 8.91. The molecule has 0 aliphatic carbocycles. The molecule has 16 heavy (non-hydrogen) atoms. The standard InChI is InChI=1S/C10H15BrN2O3/c1-7(11)6-12-10(16)13-5-3-2-4-8(13)9(14)15/h8H,1-6H2,(H,12,16)(H,14,15). The maximum absolute atomic E-state index is 11.7. The minimum absolute atomic E-state index is 0.307. The summed E-state index contributed by atoms with van der Waals surface area (Å²) in [5, 5.41) is 11.6. The van der Waals surface area contributed by atoms with Gasteiger partial charge < -0.3 is 15.3 Å². The Hall–Kier alpha value is -1.04. The van der Waals surface area contributed by atoms with Gasteiger partial charge in [0.15, 0.2) is 0 Å². The van der Waals surface area contributed by atoms with E-state index in [2.05, 4.69) is 27.8 Å². The number of carboxylic acids is 1. The monoisotopic (exact) mass is 290 g/mol. The second kappa shape index (κ2) is 5.89. The number of piperidine rings is 1. The Labute approximate surface area is 103 Å². The molecule has 0 aromatic heterocycles. The van der Waals surface area contributed by atoms with Crippen LogP contribution in [0.2, 0.25) is 0 Å². The van der Waals surface area contributed by atoms with E-state index >= 15 is 0 Å². The van der Waals surface area contributed by atoms with Gasteiger partial charge in [0.25, 0.3) is 0 Å². The lowest BCUT2D eigenvalue weighted by Crippen LogP contribution is -2.52. The first-order valence-electron chi connectivity index (χ1n) is 5.13. The lowest BCUT2D eigenvalue weighted by molar-refractivity contribution is -0.143. The molecule has 6 heteroatoms. The number of carbonyl (C=O) groups is 2. The highest BCUT2D eigenvalue weighted by Gasteiger charge is 2.31. The third kappa shape index (κ3) is 3.52. The van der Waals surface area contributed by atoms with Crippen LogP contribution in [0.15, 0.2) is 11.1 Å². The van der Waals surface area contributed by atoms with Crippen LogP contribution in [0, 0.1) is 0 Å². The number of urea groups is 1. The molecular formula is C10H15BrN2O3. The summed E-state index contributed by atoms with van der Waals surface area (Å²) in [6, 6.07) is -1.04. The summed E-state index contributed by atoms with van der Waals surface area (Å²) in [6.07, 6.45) is 2.23. The molecule has 1 heterocycles. The van der Waals surface area contributed by atoms with Crippen LogP contribution in [0.3, 0.4) is 0 Å². The van der Waals surface area contributed by atoms with Crippen LogP contribution >= 0.6 is 15.9 Å². The van der Waals surface area contributed by atoms with Crippen molar-refractivity contribution in [1.82, 2.24) is 10.2 Å². The fourth-order valence-electron chi connectivity index (χ4n) is 1.70. The van der Waals surface area contributed by atoms with Crippen LogP contribution < -0.4 is 5.32 Å². The van der Waals surface area contributed by atoms with E-state index in [1.165, 1.54) is 4.90 Å². The van der Waals surface area contributed by atoms with Gasteiger partial charge in [0, 0.05) is 11.0 Å². The zero-order valence-corrected chi connectivity index (χ0v) is 10.5. The Morgan fingerprint density at radius 3 is 2.75 bits per heavy atom. The number of amides is 2. The van der Waals surface area contributed by atoms with Crippen molar-refractivity contribution in [3.8, 4) is 0 Å². The molecule has 1 atom stereocenters. The first-order valence-corrected chi connectivity index (χ1v) is 5.92. The van der Waals surface area contributed by atoms with Crippen LogP contribution in [-0.2, 0) is 4.79 Å². The third-order valence-electron chi connectivity index (χ3n) is 2.48. The molecule has 1 fully saturated rings. The van der Waals surface area contributed by atoms with Gasteiger partial charge in [-0.3, -0.25) is 0 Å². The van der Waals surface area contributed by atoms with Gasteiger partial charge in [-0.05, 0) is 19.3 Å². The molecule has 1 unspecified atom stereocenters. The van der Waals surface area contributed by atoms with Crippen molar-refractivity contribution in [3.05, 3.63) is 11.1 Å². The van der Waals surface area contributed by atoms with Crippen LogP contribution in [0.1, 0.15) is 19.3 Å². The van der Waals surface area contributed by atoms with Crippen molar-refractivity contribution >= 4 is 27.9 Å². The van der Waals surface area contributed by atoms with E-state index in [9.17, 15) is 9.59 Å². The minimum atomic E-state index is -0.937. The number of carboxylic acid groups (broad SMARTS) is 1. The lowest BCUT2D eigenvalue weighted by atomic mass is 10.0. The molecule has 90 valence electrons. The lowest BCUT2D eigenvalue weighted by Gasteiger charge is -2.32. The Morgan fingerprint density at radius 1 is 1.50 bits per heavy atom. The van der Waals surface area contributed by atoms with Gasteiger partial charge in [-0.25, -0.2) is 9.59 Å². The number of nitrogens with zero attached hydrogens (tertiary/aromatic N) is 1. The fraction of sp³-hybridized carbons (Fsp3) is 0.600. The van der Waals surface area contributed by atoms with Crippen molar-refractivity contribution in [1.29, 1.82) is 0 Å². The summed E-state index contributed by atoms with van der Waals surface area (Å²) < 4.78 is 0.657. The third-order valence-corrected chi connectivity index (χ3v) is 2.76. The van der Waals surface area contributed by atoms with Gasteiger partial charge in [0.1, 0.15) is 6.04 Å². The SMILES string of the molecule is C=C(Br)CNC(=O)N1CCCCC1C(=O)O. The summed E-state index contributed by atoms with van der Waals surface area (Å²) in [5.41, 5.74) is 0. The van der Waals surface area contributed by atoms with Gasteiger partial charge >= 0.3 is 12.0 Å². The molecule has 0 saturated carbocycles. The van der Waals surface area contributed by atoms with Crippen molar-refractivity contribution < 1.29 is 14.7 Å². The number of hydrogen-bond acceptors (Lipinski definition) is 2. The second-order valence-electron chi connectivity index (χ2n) is 3.72. The van der Waals surface area contributed by atoms with E-state index in [1.807, 2.05) is 0 Å². The molecule has 1 rings (SSSR count). The number of aliphatic carboxylic acids is 1. The largest absolute Gasteiger partial charge is 0.480 e. The normalized spacial score (nSPS) is 20.3. The Kier molecular flexibility index (Phi) is 4.79. The van der Waals surface area contributed by atoms with Crippen molar-refractivity contribution in [2.45, 2.75) is 25.3 Å². The van der Waals surface area contributed by atoms with Crippen LogP contribution in [-0.4, -0.2) is 41.1 Å². The van der Waals surface area contributed by atoms with Crippen LogP contribution in [0.5, 0.6) is 0 Å². The molecule has 2 N–H and O–H groups in total. The average molecular weight is 291 g/mol. The van der Waals surface area contributed by atoms with Crippen LogP contribution in [0.25, 0.3) is 0 Å². The van der Waals surface area contributed by atoms with E-state index in [4.69, 9.17) is 5.11 Å². The summed E-state index contributed by atoms with van der Waals surface area (Å²) >= 11 is 3.13. The minimum Gasteiger partial charge on any atom is -0.480 e. The molecule has 0 spiro atoms. The highest BCUT2D eigenvalue weighted by Crippen LogP contribution is 2.17. The molecule has 1 aliphatic heterocycles. The second-order valence-corrected chi connectivity index (χ2v) is 4.84. The van der Waals surface area contributed by atoms with Gasteiger partial charge in [0.2, 0.25) is 0 Å². The maximum Gasteiger partial charge on any atom is 0.326 e. The number of rotatable bonds is 3. The topological polar surface area (TPSA) is 69.6 Å². The molecule has 0 radical (unpaired) electrons. The molecule has 0 aromatic carbocycles.